The predicted octanol–water partition coefficient (Wildman–Crippen LogP) is 3.94. The van der Waals surface area contributed by atoms with Crippen LogP contribution in [0.3, 0.4) is 0 Å². The van der Waals surface area contributed by atoms with Gasteiger partial charge < -0.3 is 8.99 Å². The molecule has 1 aromatic heterocycles. The third-order valence-electron chi connectivity index (χ3n) is 2.37. The summed E-state index contributed by atoms with van der Waals surface area (Å²) < 4.78 is 8.23. The summed E-state index contributed by atoms with van der Waals surface area (Å²) in [6.07, 6.45) is 3.26. The third-order valence-corrected chi connectivity index (χ3v) is 4.98. The van der Waals surface area contributed by atoms with E-state index in [-0.39, 0.29) is 0 Å². The average Bonchev–Trinajstić information content (AvgIpc) is 2.26. The van der Waals surface area contributed by atoms with Crippen molar-refractivity contribution in [3.8, 4) is 6.07 Å². The molecule has 0 aliphatic heterocycles. The molecule has 0 unspecified atom stereocenters. The van der Waals surface area contributed by atoms with Crippen LogP contribution in [-0.2, 0) is 4.43 Å². The van der Waals surface area contributed by atoms with Crippen LogP contribution in [0.25, 0.3) is 0 Å². The molecular formula is C14H23N3OSi2. The fraction of sp³-hybridized carbons (Fsp3) is 0.429. The maximum atomic E-state index is 9.07. The van der Waals surface area contributed by atoms with E-state index in [4.69, 9.17) is 9.69 Å². The number of allylic oxidation sites excluding steroid dienone is 1. The molecule has 0 spiro atoms. The van der Waals surface area contributed by atoms with E-state index >= 15 is 0 Å². The van der Waals surface area contributed by atoms with Crippen molar-refractivity contribution in [2.75, 3.05) is 4.57 Å². The van der Waals surface area contributed by atoms with Crippen LogP contribution < -0.4 is 4.57 Å². The van der Waals surface area contributed by atoms with Gasteiger partial charge in [-0.2, -0.15) is 5.26 Å². The topological polar surface area (TPSA) is 49.1 Å². The van der Waals surface area contributed by atoms with E-state index in [1.165, 1.54) is 6.08 Å². The van der Waals surface area contributed by atoms with E-state index < -0.39 is 16.6 Å². The zero-order valence-corrected chi connectivity index (χ0v) is 15.1. The summed E-state index contributed by atoms with van der Waals surface area (Å²) in [4.78, 5) is 4.42. The molecule has 0 N–H and O–H groups in total. The number of pyridine rings is 1. The predicted molar refractivity (Wildman–Crippen MR) is 88.2 cm³/mol. The Morgan fingerprint density at radius 3 is 2.30 bits per heavy atom. The summed E-state index contributed by atoms with van der Waals surface area (Å²) in [5, 5.41) is 9.07. The van der Waals surface area contributed by atoms with Crippen LogP contribution in [0, 0.1) is 11.3 Å². The van der Waals surface area contributed by atoms with Crippen LogP contribution in [0.15, 0.2) is 36.4 Å². The van der Waals surface area contributed by atoms with E-state index in [0.717, 1.165) is 5.82 Å². The van der Waals surface area contributed by atoms with Crippen molar-refractivity contribution < 1.29 is 4.43 Å². The van der Waals surface area contributed by atoms with Crippen LogP contribution in [0.2, 0.25) is 39.3 Å². The molecule has 0 aromatic carbocycles. The lowest BCUT2D eigenvalue weighted by Gasteiger charge is -2.38. The summed E-state index contributed by atoms with van der Waals surface area (Å²) in [6.45, 7) is 13.0. The van der Waals surface area contributed by atoms with E-state index in [0.29, 0.717) is 5.88 Å². The second-order valence-corrected chi connectivity index (χ2v) is 15.7. The summed E-state index contributed by atoms with van der Waals surface area (Å²) in [7, 11) is -3.58. The molecular weight excluding hydrogens is 282 g/mol. The Balaban J connectivity index is 3.29. The minimum Gasteiger partial charge on any atom is -0.533 e. The molecule has 1 rings (SSSR count). The Kier molecular flexibility index (Phi) is 5.14. The first-order chi connectivity index (χ1) is 9.15. The monoisotopic (exact) mass is 305 g/mol. The first-order valence-electron chi connectivity index (χ1n) is 6.65. The molecule has 0 fully saturated rings. The summed E-state index contributed by atoms with van der Waals surface area (Å²) in [5.41, 5.74) is 0. The van der Waals surface area contributed by atoms with Crippen molar-refractivity contribution >= 4 is 22.4 Å². The van der Waals surface area contributed by atoms with Gasteiger partial charge in [0, 0.05) is 6.20 Å². The summed E-state index contributed by atoms with van der Waals surface area (Å²) in [5.74, 6) is 1.47. The fourth-order valence-electron chi connectivity index (χ4n) is 1.78. The zero-order chi connectivity index (χ0) is 15.4. The fourth-order valence-corrected chi connectivity index (χ4v) is 4.24. The first-order valence-corrected chi connectivity index (χ1v) is 13.5. The molecule has 0 aliphatic rings. The van der Waals surface area contributed by atoms with Gasteiger partial charge in [-0.3, -0.25) is 0 Å². The van der Waals surface area contributed by atoms with Gasteiger partial charge in [0.2, 0.25) is 8.32 Å². The molecule has 0 aliphatic carbocycles. The highest BCUT2D eigenvalue weighted by Gasteiger charge is 2.32. The lowest BCUT2D eigenvalue weighted by Crippen LogP contribution is -2.48. The van der Waals surface area contributed by atoms with Gasteiger partial charge in [-0.25, -0.2) is 4.98 Å². The molecule has 0 bridgehead atoms. The van der Waals surface area contributed by atoms with Crippen molar-refractivity contribution in [3.05, 3.63) is 36.4 Å². The van der Waals surface area contributed by atoms with Crippen molar-refractivity contribution in [1.82, 2.24) is 4.98 Å². The lowest BCUT2D eigenvalue weighted by atomic mass is 10.4. The molecule has 1 heterocycles. The quantitative estimate of drug-likeness (QED) is 0.470. The van der Waals surface area contributed by atoms with Gasteiger partial charge >= 0.3 is 0 Å². The van der Waals surface area contributed by atoms with Crippen molar-refractivity contribution in [2.45, 2.75) is 39.3 Å². The van der Waals surface area contributed by atoms with Gasteiger partial charge in [-0.05, 0) is 31.8 Å². The maximum Gasteiger partial charge on any atom is 0.244 e. The molecule has 4 nitrogen and oxygen atoms in total. The number of nitrogens with zero attached hydrogens (tertiary/aromatic N) is 3. The number of rotatable bonds is 5. The van der Waals surface area contributed by atoms with Crippen LogP contribution in [0.1, 0.15) is 0 Å². The Labute approximate surface area is 123 Å². The van der Waals surface area contributed by atoms with Gasteiger partial charge in [0.15, 0.2) is 14.1 Å². The Bertz CT molecular complexity index is 510. The minimum absolute atomic E-state index is 0.629. The number of aromatic nitrogens is 1. The van der Waals surface area contributed by atoms with Gasteiger partial charge in [0.25, 0.3) is 0 Å². The Morgan fingerprint density at radius 1 is 1.25 bits per heavy atom. The number of hydrogen-bond acceptors (Lipinski definition) is 4. The SMILES string of the molecule is C[Si](C)(C)O/C(=C\C#N)N(c1ccccn1)[Si](C)(C)C. The Hall–Kier alpha value is -1.59. The van der Waals surface area contributed by atoms with E-state index in [1.807, 2.05) is 18.2 Å². The molecule has 0 saturated carbocycles. The molecule has 20 heavy (non-hydrogen) atoms. The normalized spacial score (nSPS) is 12.8. The minimum atomic E-state index is -1.80. The van der Waals surface area contributed by atoms with Gasteiger partial charge in [-0.1, -0.05) is 25.7 Å². The summed E-state index contributed by atoms with van der Waals surface area (Å²) >= 11 is 0. The molecule has 6 heteroatoms. The van der Waals surface area contributed by atoms with Gasteiger partial charge in [0.1, 0.15) is 5.82 Å². The van der Waals surface area contributed by atoms with Crippen LogP contribution in [0.5, 0.6) is 0 Å². The molecule has 0 radical (unpaired) electrons. The highest BCUT2D eigenvalue weighted by Crippen LogP contribution is 2.26. The van der Waals surface area contributed by atoms with Gasteiger partial charge in [-0.15, -0.1) is 0 Å². The first kappa shape index (κ1) is 16.5. The van der Waals surface area contributed by atoms with Crippen molar-refractivity contribution in [2.24, 2.45) is 0 Å². The van der Waals surface area contributed by atoms with Crippen LogP contribution >= 0.6 is 0 Å². The smallest absolute Gasteiger partial charge is 0.244 e. The van der Waals surface area contributed by atoms with Crippen molar-refractivity contribution in [3.63, 3.8) is 0 Å². The molecule has 0 atom stereocenters. The highest BCUT2D eigenvalue weighted by molar-refractivity contribution is 6.80. The maximum absolute atomic E-state index is 9.07. The molecule has 0 saturated heterocycles. The third kappa shape index (κ3) is 4.83. The molecule has 108 valence electrons. The summed E-state index contributed by atoms with van der Waals surface area (Å²) in [6, 6.07) is 7.90. The standard InChI is InChI=1S/C14H23N3OSi2/c1-19(2,3)17(13-9-7-8-12-16-13)14(10-11-15)18-20(4,5)6/h7-10,12H,1-6H3/b14-10-. The largest absolute Gasteiger partial charge is 0.533 e. The average molecular weight is 306 g/mol. The zero-order valence-electron chi connectivity index (χ0n) is 13.1. The van der Waals surface area contributed by atoms with Crippen molar-refractivity contribution in [1.29, 1.82) is 5.26 Å². The van der Waals surface area contributed by atoms with E-state index in [9.17, 15) is 0 Å². The second kappa shape index (κ2) is 6.24. The Morgan fingerprint density at radius 2 is 1.90 bits per heavy atom. The second-order valence-electron chi connectivity index (χ2n) is 6.52. The van der Waals surface area contributed by atoms with Crippen LogP contribution in [-0.4, -0.2) is 21.5 Å². The molecule has 1 aromatic rings. The highest BCUT2D eigenvalue weighted by atomic mass is 28.4. The number of hydrogen-bond donors (Lipinski definition) is 0. The van der Waals surface area contributed by atoms with E-state index in [2.05, 4.69) is 54.9 Å². The van der Waals surface area contributed by atoms with Gasteiger partial charge in [0.05, 0.1) is 12.1 Å². The molecule has 0 amide bonds. The van der Waals surface area contributed by atoms with Crippen LogP contribution in [0.4, 0.5) is 5.82 Å². The lowest BCUT2D eigenvalue weighted by molar-refractivity contribution is 0.415. The number of anilines is 1. The van der Waals surface area contributed by atoms with E-state index in [1.54, 1.807) is 6.20 Å². The number of nitriles is 1.